The molecule has 3 aromatic rings. The van der Waals surface area contributed by atoms with E-state index in [2.05, 4.69) is 25.0 Å². The van der Waals surface area contributed by atoms with Crippen LogP contribution >= 0.6 is 22.9 Å². The number of hydrogen-bond donors (Lipinski definition) is 2. The fourth-order valence-electron chi connectivity index (χ4n) is 1.89. The summed E-state index contributed by atoms with van der Waals surface area (Å²) in [6.07, 6.45) is 4.40. The minimum Gasteiger partial charge on any atom is -0.382 e. The molecule has 0 aliphatic carbocycles. The molecule has 0 atom stereocenters. The quantitative estimate of drug-likeness (QED) is 0.758. The van der Waals surface area contributed by atoms with Crippen LogP contribution in [0.5, 0.6) is 0 Å². The number of hydrogen-bond acceptors (Lipinski definition) is 7. The fourth-order valence-corrected chi connectivity index (χ4v) is 3.24. The maximum Gasteiger partial charge on any atom is 0.147 e. The van der Waals surface area contributed by atoms with Crippen molar-refractivity contribution in [3.8, 4) is 11.1 Å². The number of nitrogens with two attached hydrogens (primary N) is 1. The van der Waals surface area contributed by atoms with Crippen molar-refractivity contribution in [2.45, 2.75) is 6.42 Å². The lowest BCUT2D eigenvalue weighted by Crippen LogP contribution is -2.04. The van der Waals surface area contributed by atoms with Gasteiger partial charge in [0.15, 0.2) is 0 Å². The number of aromatic nitrogens is 3. The monoisotopic (exact) mass is 303 g/mol. The molecule has 0 aromatic carbocycles. The van der Waals surface area contributed by atoms with E-state index < -0.39 is 0 Å². The van der Waals surface area contributed by atoms with Crippen LogP contribution in [0.2, 0.25) is 0 Å². The number of anilines is 2. The van der Waals surface area contributed by atoms with Crippen LogP contribution in [0.15, 0.2) is 35.4 Å². The van der Waals surface area contributed by atoms with Crippen molar-refractivity contribution in [1.82, 2.24) is 14.3 Å². The van der Waals surface area contributed by atoms with Crippen LogP contribution in [0.25, 0.3) is 11.1 Å². The predicted octanol–water partition coefficient (Wildman–Crippen LogP) is 2.90. The summed E-state index contributed by atoms with van der Waals surface area (Å²) in [6.45, 7) is 0.809. The first-order chi connectivity index (χ1) is 9.84. The molecule has 0 fully saturated rings. The van der Waals surface area contributed by atoms with Crippen LogP contribution in [-0.2, 0) is 6.42 Å². The zero-order valence-electron chi connectivity index (χ0n) is 10.6. The Labute approximate surface area is 124 Å². The highest BCUT2D eigenvalue weighted by Crippen LogP contribution is 2.36. The smallest absolute Gasteiger partial charge is 0.147 e. The molecule has 3 rings (SSSR count). The van der Waals surface area contributed by atoms with Gasteiger partial charge in [0.05, 0.1) is 16.8 Å². The lowest BCUT2D eigenvalue weighted by Gasteiger charge is -2.06. The van der Waals surface area contributed by atoms with Crippen LogP contribution in [0.3, 0.4) is 0 Å². The largest absolute Gasteiger partial charge is 0.382 e. The maximum absolute atomic E-state index is 5.97. The average Bonchev–Trinajstić information content (AvgIpc) is 3.10. The molecule has 0 aliphatic rings. The number of nitrogen functional groups attached to an aromatic ring is 1. The van der Waals surface area contributed by atoms with E-state index in [-0.39, 0.29) is 0 Å². The average molecular weight is 303 g/mol. The minimum atomic E-state index is 0.553. The summed E-state index contributed by atoms with van der Waals surface area (Å²) in [5, 5.41) is 6.44. The lowest BCUT2D eigenvalue weighted by molar-refractivity contribution is 0.981. The van der Waals surface area contributed by atoms with E-state index >= 15 is 0 Å². The molecular formula is C13H13N5S2. The molecule has 3 heterocycles. The van der Waals surface area contributed by atoms with Gasteiger partial charge in [-0.15, -0.1) is 11.3 Å². The van der Waals surface area contributed by atoms with E-state index in [0.717, 1.165) is 34.8 Å². The molecule has 3 aromatic heterocycles. The van der Waals surface area contributed by atoms with Gasteiger partial charge in [0.1, 0.15) is 10.8 Å². The summed E-state index contributed by atoms with van der Waals surface area (Å²) >= 11 is 3.00. The molecule has 0 bridgehead atoms. The first-order valence-electron chi connectivity index (χ1n) is 6.11. The van der Waals surface area contributed by atoms with Crippen molar-refractivity contribution in [3.63, 3.8) is 0 Å². The lowest BCUT2D eigenvalue weighted by atomic mass is 10.1. The van der Waals surface area contributed by atoms with Gasteiger partial charge >= 0.3 is 0 Å². The van der Waals surface area contributed by atoms with E-state index in [1.807, 2.05) is 17.6 Å². The second-order valence-electron chi connectivity index (χ2n) is 4.16. The van der Waals surface area contributed by atoms with Gasteiger partial charge in [-0.25, -0.2) is 4.98 Å². The van der Waals surface area contributed by atoms with Crippen molar-refractivity contribution < 1.29 is 0 Å². The third kappa shape index (κ3) is 2.78. The topological polar surface area (TPSA) is 76.7 Å². The van der Waals surface area contributed by atoms with Crippen LogP contribution in [-0.4, -0.2) is 20.9 Å². The Bertz CT molecular complexity index is 663. The number of nitrogens with one attached hydrogen (secondary N) is 1. The highest BCUT2D eigenvalue weighted by molar-refractivity contribution is 7.11. The Balaban J connectivity index is 1.74. The summed E-state index contributed by atoms with van der Waals surface area (Å²) in [7, 11) is 0. The Morgan fingerprint density at radius 2 is 2.10 bits per heavy atom. The SMILES string of the molecule is Nc1nsc(NCCc2cscn2)c1-c1ccncc1. The van der Waals surface area contributed by atoms with Crippen molar-refractivity contribution in [1.29, 1.82) is 0 Å². The third-order valence-electron chi connectivity index (χ3n) is 2.84. The molecule has 102 valence electrons. The van der Waals surface area contributed by atoms with Crippen molar-refractivity contribution in [2.75, 3.05) is 17.6 Å². The minimum absolute atomic E-state index is 0.553. The highest BCUT2D eigenvalue weighted by atomic mass is 32.1. The molecule has 0 radical (unpaired) electrons. The normalized spacial score (nSPS) is 10.6. The van der Waals surface area contributed by atoms with E-state index in [1.54, 1.807) is 23.7 Å². The van der Waals surface area contributed by atoms with Gasteiger partial charge in [0, 0.05) is 30.7 Å². The Morgan fingerprint density at radius 3 is 2.85 bits per heavy atom. The highest BCUT2D eigenvalue weighted by Gasteiger charge is 2.13. The van der Waals surface area contributed by atoms with E-state index in [1.165, 1.54) is 11.5 Å². The van der Waals surface area contributed by atoms with Crippen molar-refractivity contribution in [3.05, 3.63) is 41.1 Å². The van der Waals surface area contributed by atoms with E-state index in [4.69, 9.17) is 5.73 Å². The number of rotatable bonds is 5. The van der Waals surface area contributed by atoms with E-state index in [0.29, 0.717) is 5.82 Å². The summed E-state index contributed by atoms with van der Waals surface area (Å²) < 4.78 is 4.23. The summed E-state index contributed by atoms with van der Waals surface area (Å²) in [5.74, 6) is 0.553. The zero-order valence-corrected chi connectivity index (χ0v) is 12.2. The molecular weight excluding hydrogens is 290 g/mol. The number of nitrogens with zero attached hydrogens (tertiary/aromatic N) is 3. The first-order valence-corrected chi connectivity index (χ1v) is 7.82. The van der Waals surface area contributed by atoms with Gasteiger partial charge in [0.25, 0.3) is 0 Å². The number of pyridine rings is 1. The molecule has 3 N–H and O–H groups in total. The van der Waals surface area contributed by atoms with Gasteiger partial charge in [0.2, 0.25) is 0 Å². The molecule has 20 heavy (non-hydrogen) atoms. The zero-order chi connectivity index (χ0) is 13.8. The standard InChI is InChI=1S/C13H13N5S2/c14-12-11(9-1-4-15-5-2-9)13(20-18-12)16-6-3-10-7-19-8-17-10/h1-2,4-5,7-8,16H,3,6H2,(H2,14,18). The summed E-state index contributed by atoms with van der Waals surface area (Å²) in [6, 6.07) is 3.87. The summed E-state index contributed by atoms with van der Waals surface area (Å²) in [5.41, 5.74) is 10.9. The molecule has 0 aliphatic heterocycles. The van der Waals surface area contributed by atoms with Gasteiger partial charge in [-0.3, -0.25) is 4.98 Å². The Kier molecular flexibility index (Phi) is 3.89. The number of thiazole rings is 1. The third-order valence-corrected chi connectivity index (χ3v) is 4.29. The molecule has 5 nitrogen and oxygen atoms in total. The molecule has 0 saturated carbocycles. The van der Waals surface area contributed by atoms with Crippen LogP contribution in [0.1, 0.15) is 5.69 Å². The van der Waals surface area contributed by atoms with E-state index in [9.17, 15) is 0 Å². The van der Waals surface area contributed by atoms with Gasteiger partial charge < -0.3 is 11.1 Å². The molecule has 7 heteroatoms. The molecule has 0 spiro atoms. The second-order valence-corrected chi connectivity index (χ2v) is 5.66. The van der Waals surface area contributed by atoms with Crippen molar-refractivity contribution >= 4 is 33.7 Å². The summed E-state index contributed by atoms with van der Waals surface area (Å²) in [4.78, 5) is 8.29. The van der Waals surface area contributed by atoms with Crippen molar-refractivity contribution in [2.24, 2.45) is 0 Å². The Hall–Kier alpha value is -1.99. The predicted molar refractivity (Wildman–Crippen MR) is 84.1 cm³/mol. The van der Waals surface area contributed by atoms with Crippen LogP contribution in [0, 0.1) is 0 Å². The Morgan fingerprint density at radius 1 is 1.25 bits per heavy atom. The van der Waals surface area contributed by atoms with Crippen LogP contribution < -0.4 is 11.1 Å². The van der Waals surface area contributed by atoms with Gasteiger partial charge in [-0.05, 0) is 29.2 Å². The fraction of sp³-hybridized carbons (Fsp3) is 0.154. The molecule has 0 unspecified atom stereocenters. The van der Waals surface area contributed by atoms with Gasteiger partial charge in [-0.1, -0.05) is 0 Å². The molecule has 0 saturated heterocycles. The maximum atomic E-state index is 5.97. The second kappa shape index (κ2) is 5.98. The van der Waals surface area contributed by atoms with Gasteiger partial charge in [-0.2, -0.15) is 4.37 Å². The first kappa shape index (κ1) is 13.0. The molecule has 0 amide bonds. The van der Waals surface area contributed by atoms with Crippen LogP contribution in [0.4, 0.5) is 10.8 Å².